The van der Waals surface area contributed by atoms with Crippen LogP contribution in [-0.4, -0.2) is 29.2 Å². The van der Waals surface area contributed by atoms with Crippen LogP contribution in [0.1, 0.15) is 20.8 Å². The number of rotatable bonds is 3. The second-order valence-electron chi connectivity index (χ2n) is 3.08. The molecule has 0 saturated carbocycles. The fourth-order valence-electron chi connectivity index (χ4n) is 1.08. The van der Waals surface area contributed by atoms with E-state index in [1.54, 1.807) is 6.92 Å². The smallest absolute Gasteiger partial charge is 0.295 e. The fourth-order valence-corrected chi connectivity index (χ4v) is 1.08. The van der Waals surface area contributed by atoms with E-state index in [0.29, 0.717) is 0 Å². The molecule has 0 radical (unpaired) electrons. The number of hydrogen-bond donors (Lipinski definition) is 1. The van der Waals surface area contributed by atoms with Gasteiger partial charge in [0, 0.05) is 6.92 Å². The van der Waals surface area contributed by atoms with Crippen LogP contribution in [0.5, 0.6) is 0 Å². The molecule has 0 aliphatic carbocycles. The first-order chi connectivity index (χ1) is 6.49. The molecule has 0 amide bonds. The van der Waals surface area contributed by atoms with E-state index in [4.69, 9.17) is 15.0 Å². The molecule has 1 saturated heterocycles. The highest BCUT2D eigenvalue weighted by atomic mass is 17.3. The topological polar surface area (TPSA) is 83.5 Å². The zero-order valence-electron chi connectivity index (χ0n) is 8.05. The molecule has 0 aromatic carbocycles. The normalized spacial score (nSPS) is 37.1. The first kappa shape index (κ1) is 11.3. The summed E-state index contributed by atoms with van der Waals surface area (Å²) in [5.41, 5.74) is 0. The summed E-state index contributed by atoms with van der Waals surface area (Å²) in [6, 6.07) is 0. The van der Waals surface area contributed by atoms with Gasteiger partial charge in [-0.1, -0.05) is 0 Å². The molecule has 7 nitrogen and oxygen atoms in total. The minimum absolute atomic E-state index is 0.541. The lowest BCUT2D eigenvalue weighted by molar-refractivity contribution is -0.476. The Balaban J connectivity index is 2.58. The quantitative estimate of drug-likeness (QED) is 0.531. The lowest BCUT2D eigenvalue weighted by Gasteiger charge is -2.23. The maximum Gasteiger partial charge on any atom is 0.339 e. The monoisotopic (exact) mass is 208 g/mol. The zero-order valence-corrected chi connectivity index (χ0v) is 8.05. The molecule has 1 rings (SSSR count). The molecule has 1 aliphatic heterocycles. The standard InChI is InChI=1S/C7H12O7/c1-4-6(10-9)7(3,13-11-4)14-12-5(2)8/h4,6,9H,1-3H3. The van der Waals surface area contributed by atoms with Gasteiger partial charge in [-0.05, 0) is 13.8 Å². The summed E-state index contributed by atoms with van der Waals surface area (Å²) < 4.78 is 0. The van der Waals surface area contributed by atoms with Crippen molar-refractivity contribution in [3.05, 3.63) is 0 Å². The Morgan fingerprint density at radius 1 is 1.57 bits per heavy atom. The molecule has 0 aromatic rings. The van der Waals surface area contributed by atoms with Gasteiger partial charge in [0.15, 0.2) is 6.10 Å². The summed E-state index contributed by atoms with van der Waals surface area (Å²) in [4.78, 5) is 32.9. The second kappa shape index (κ2) is 4.20. The van der Waals surface area contributed by atoms with E-state index < -0.39 is 24.0 Å². The Bertz CT molecular complexity index is 218. The van der Waals surface area contributed by atoms with E-state index >= 15 is 0 Å². The van der Waals surface area contributed by atoms with Crippen molar-refractivity contribution in [1.29, 1.82) is 0 Å². The predicted octanol–water partition coefficient (Wildman–Crippen LogP) is 0.406. The van der Waals surface area contributed by atoms with Gasteiger partial charge >= 0.3 is 5.97 Å². The Morgan fingerprint density at radius 2 is 2.21 bits per heavy atom. The van der Waals surface area contributed by atoms with Gasteiger partial charge in [-0.25, -0.2) is 14.6 Å². The van der Waals surface area contributed by atoms with Gasteiger partial charge in [0.25, 0.3) is 5.79 Å². The molecule has 82 valence electrons. The largest absolute Gasteiger partial charge is 0.339 e. The van der Waals surface area contributed by atoms with Gasteiger partial charge in [-0.2, -0.15) is 4.89 Å². The molecular formula is C7H12O7. The van der Waals surface area contributed by atoms with Crippen LogP contribution in [0.4, 0.5) is 0 Å². The Morgan fingerprint density at radius 3 is 2.71 bits per heavy atom. The van der Waals surface area contributed by atoms with E-state index in [0.717, 1.165) is 6.92 Å². The van der Waals surface area contributed by atoms with Crippen LogP contribution in [0.25, 0.3) is 0 Å². The van der Waals surface area contributed by atoms with Gasteiger partial charge in [-0.15, -0.1) is 4.89 Å². The first-order valence-corrected chi connectivity index (χ1v) is 4.00. The summed E-state index contributed by atoms with van der Waals surface area (Å²) in [7, 11) is 0. The Labute approximate surface area is 80.2 Å². The maximum atomic E-state index is 10.5. The molecule has 1 aliphatic rings. The second-order valence-corrected chi connectivity index (χ2v) is 3.08. The Hall–Kier alpha value is -0.730. The molecule has 0 bridgehead atoms. The van der Waals surface area contributed by atoms with Gasteiger partial charge in [0.05, 0.1) is 0 Å². The molecule has 0 spiro atoms. The van der Waals surface area contributed by atoms with Crippen molar-refractivity contribution in [3.63, 3.8) is 0 Å². The van der Waals surface area contributed by atoms with Gasteiger partial charge in [-0.3, -0.25) is 10.1 Å². The minimum atomic E-state index is -1.47. The van der Waals surface area contributed by atoms with Crippen molar-refractivity contribution in [1.82, 2.24) is 0 Å². The molecule has 3 atom stereocenters. The van der Waals surface area contributed by atoms with E-state index in [1.807, 2.05) is 0 Å². The molecule has 0 aromatic heterocycles. The molecule has 7 heteroatoms. The number of hydrogen-bond acceptors (Lipinski definition) is 7. The third kappa shape index (κ3) is 2.20. The molecule has 1 N–H and O–H groups in total. The molecular weight excluding hydrogens is 196 g/mol. The van der Waals surface area contributed by atoms with Crippen LogP contribution in [0.15, 0.2) is 0 Å². The highest BCUT2D eigenvalue weighted by molar-refractivity contribution is 5.65. The van der Waals surface area contributed by atoms with Crippen molar-refractivity contribution in [3.8, 4) is 0 Å². The molecule has 14 heavy (non-hydrogen) atoms. The maximum absolute atomic E-state index is 10.5. The van der Waals surface area contributed by atoms with Crippen LogP contribution >= 0.6 is 0 Å². The fraction of sp³-hybridized carbons (Fsp3) is 0.857. The zero-order chi connectivity index (χ0) is 10.8. The van der Waals surface area contributed by atoms with Gasteiger partial charge in [0.1, 0.15) is 6.10 Å². The van der Waals surface area contributed by atoms with E-state index in [9.17, 15) is 4.79 Å². The van der Waals surface area contributed by atoms with E-state index in [1.165, 1.54) is 6.92 Å². The summed E-state index contributed by atoms with van der Waals surface area (Å²) in [6.45, 7) is 4.17. The van der Waals surface area contributed by atoms with Crippen LogP contribution in [0, 0.1) is 0 Å². The van der Waals surface area contributed by atoms with Crippen molar-refractivity contribution in [2.45, 2.75) is 38.8 Å². The van der Waals surface area contributed by atoms with Crippen molar-refractivity contribution in [2.75, 3.05) is 0 Å². The van der Waals surface area contributed by atoms with Gasteiger partial charge in [0.2, 0.25) is 0 Å². The summed E-state index contributed by atoms with van der Waals surface area (Å²) in [5, 5.41) is 8.56. The lowest BCUT2D eigenvalue weighted by atomic mass is 10.1. The van der Waals surface area contributed by atoms with Crippen molar-refractivity contribution < 1.29 is 34.5 Å². The van der Waals surface area contributed by atoms with Gasteiger partial charge < -0.3 is 0 Å². The van der Waals surface area contributed by atoms with Crippen LogP contribution < -0.4 is 0 Å². The minimum Gasteiger partial charge on any atom is -0.295 e. The molecule has 1 heterocycles. The highest BCUT2D eigenvalue weighted by Gasteiger charge is 2.52. The first-order valence-electron chi connectivity index (χ1n) is 4.00. The molecule has 3 unspecified atom stereocenters. The third-order valence-corrected chi connectivity index (χ3v) is 1.75. The number of carbonyl (C=O) groups is 1. The average Bonchev–Trinajstić information content (AvgIpc) is 2.40. The summed E-state index contributed by atoms with van der Waals surface area (Å²) >= 11 is 0. The number of carbonyl (C=O) groups excluding carboxylic acids is 1. The summed E-state index contributed by atoms with van der Waals surface area (Å²) in [6.07, 6.45) is -1.44. The highest BCUT2D eigenvalue weighted by Crippen LogP contribution is 2.31. The van der Waals surface area contributed by atoms with Crippen molar-refractivity contribution >= 4 is 5.97 Å². The van der Waals surface area contributed by atoms with E-state index in [-0.39, 0.29) is 0 Å². The lowest BCUT2D eigenvalue weighted by Crippen LogP contribution is -2.43. The average molecular weight is 208 g/mol. The van der Waals surface area contributed by atoms with Crippen molar-refractivity contribution in [2.24, 2.45) is 0 Å². The van der Waals surface area contributed by atoms with Crippen LogP contribution in [0.2, 0.25) is 0 Å². The van der Waals surface area contributed by atoms with Crippen LogP contribution in [-0.2, 0) is 29.2 Å². The Kier molecular flexibility index (Phi) is 3.40. The third-order valence-electron chi connectivity index (χ3n) is 1.75. The van der Waals surface area contributed by atoms with Crippen LogP contribution in [0.3, 0.4) is 0 Å². The van der Waals surface area contributed by atoms with E-state index in [2.05, 4.69) is 14.7 Å². The SMILES string of the molecule is CC(=O)OOC1(C)OOC(C)C1OO. The molecule has 1 fully saturated rings. The summed E-state index contributed by atoms with van der Waals surface area (Å²) in [5.74, 6) is -2.12. The predicted molar refractivity (Wildman–Crippen MR) is 40.4 cm³/mol.